The molecule has 0 bridgehead atoms. The maximum Gasteiger partial charge on any atom is 0.274 e. The van der Waals surface area contributed by atoms with Gasteiger partial charge in [-0.25, -0.2) is 9.97 Å². The summed E-state index contributed by atoms with van der Waals surface area (Å²) in [4.78, 5) is 21.0. The minimum atomic E-state index is -0.345. The average molecular weight is 357 g/mol. The van der Waals surface area contributed by atoms with Crippen molar-refractivity contribution in [2.24, 2.45) is 0 Å². The maximum atomic E-state index is 12.5. The van der Waals surface area contributed by atoms with Crippen molar-refractivity contribution in [2.45, 2.75) is 20.8 Å². The molecule has 0 spiro atoms. The number of benzene rings is 2. The highest BCUT2D eigenvalue weighted by Gasteiger charge is 2.11. The van der Waals surface area contributed by atoms with Crippen LogP contribution in [0.1, 0.15) is 32.7 Å². The largest absolute Gasteiger partial charge is 0.324 e. The van der Waals surface area contributed by atoms with E-state index in [4.69, 9.17) is 5.26 Å². The Kier molecular flexibility index (Phi) is 5.13. The molecular weight excluding hydrogens is 338 g/mol. The smallest absolute Gasteiger partial charge is 0.274 e. The normalized spacial score (nSPS) is 10.1. The van der Waals surface area contributed by atoms with Gasteiger partial charge in [0.15, 0.2) is 0 Å². The lowest BCUT2D eigenvalue weighted by molar-refractivity contribution is 0.102. The van der Waals surface area contributed by atoms with Gasteiger partial charge in [0, 0.05) is 17.6 Å². The van der Waals surface area contributed by atoms with Crippen LogP contribution in [0, 0.1) is 32.1 Å². The third-order valence-electron chi connectivity index (χ3n) is 4.07. The third kappa shape index (κ3) is 4.28. The van der Waals surface area contributed by atoms with Crippen molar-refractivity contribution < 1.29 is 4.79 Å². The number of amides is 1. The summed E-state index contributed by atoms with van der Waals surface area (Å²) < 4.78 is 0. The molecule has 0 saturated heterocycles. The van der Waals surface area contributed by atoms with Crippen molar-refractivity contribution in [1.29, 1.82) is 5.26 Å². The average Bonchev–Trinajstić information content (AvgIpc) is 2.65. The van der Waals surface area contributed by atoms with Gasteiger partial charge in [0.2, 0.25) is 5.95 Å². The lowest BCUT2D eigenvalue weighted by Gasteiger charge is -2.13. The predicted octanol–water partition coefficient (Wildman–Crippen LogP) is 4.27. The number of nitrogens with zero attached hydrogens (tertiary/aromatic N) is 3. The van der Waals surface area contributed by atoms with Gasteiger partial charge in [-0.05, 0) is 62.2 Å². The van der Waals surface area contributed by atoms with E-state index in [-0.39, 0.29) is 11.6 Å². The number of nitriles is 1. The van der Waals surface area contributed by atoms with Crippen LogP contribution in [0.3, 0.4) is 0 Å². The third-order valence-corrected chi connectivity index (χ3v) is 4.07. The minimum Gasteiger partial charge on any atom is -0.324 e. The van der Waals surface area contributed by atoms with Gasteiger partial charge in [0.05, 0.1) is 11.6 Å². The summed E-state index contributed by atoms with van der Waals surface area (Å²) in [6.45, 7) is 6.09. The number of anilines is 3. The molecule has 1 heterocycles. The Balaban J connectivity index is 1.79. The van der Waals surface area contributed by atoms with Crippen LogP contribution < -0.4 is 10.6 Å². The second-order valence-corrected chi connectivity index (χ2v) is 6.31. The van der Waals surface area contributed by atoms with Gasteiger partial charge >= 0.3 is 0 Å². The number of aromatic nitrogens is 2. The zero-order valence-electron chi connectivity index (χ0n) is 15.4. The fourth-order valence-corrected chi connectivity index (χ4v) is 2.86. The molecule has 2 aromatic carbocycles. The van der Waals surface area contributed by atoms with Crippen LogP contribution in [0.4, 0.5) is 17.3 Å². The van der Waals surface area contributed by atoms with Gasteiger partial charge in [-0.15, -0.1) is 0 Å². The number of rotatable bonds is 4. The Bertz CT molecular complexity index is 1010. The van der Waals surface area contributed by atoms with Crippen LogP contribution in [-0.4, -0.2) is 15.9 Å². The van der Waals surface area contributed by atoms with Crippen LogP contribution in [0.25, 0.3) is 0 Å². The molecular formula is C21H19N5O. The fourth-order valence-electron chi connectivity index (χ4n) is 2.86. The standard InChI is InChI=1S/C21H19N5O/c1-13-10-14(2)19(15(3)11-13)26-21-23-9-8-18(25-21)20(27)24-17-6-4-16(12-22)5-7-17/h4-11H,1-3H3,(H,24,27)(H,23,25,26). The Morgan fingerprint density at radius 2 is 1.70 bits per heavy atom. The van der Waals surface area contributed by atoms with E-state index in [0.29, 0.717) is 17.2 Å². The van der Waals surface area contributed by atoms with Crippen molar-refractivity contribution in [3.8, 4) is 6.07 Å². The fraction of sp³-hybridized carbons (Fsp3) is 0.143. The molecule has 3 aromatic rings. The number of carbonyl (C=O) groups excluding carboxylic acids is 1. The molecule has 0 radical (unpaired) electrons. The van der Waals surface area contributed by atoms with Crippen molar-refractivity contribution >= 4 is 23.2 Å². The topological polar surface area (TPSA) is 90.7 Å². The monoisotopic (exact) mass is 357 g/mol. The van der Waals surface area contributed by atoms with Gasteiger partial charge < -0.3 is 10.6 Å². The van der Waals surface area contributed by atoms with Gasteiger partial charge in [0.25, 0.3) is 5.91 Å². The predicted molar refractivity (Wildman–Crippen MR) is 105 cm³/mol. The number of carbonyl (C=O) groups is 1. The van der Waals surface area contributed by atoms with E-state index in [1.807, 2.05) is 26.8 Å². The Hall–Kier alpha value is -3.72. The highest BCUT2D eigenvalue weighted by molar-refractivity contribution is 6.03. The lowest BCUT2D eigenvalue weighted by atomic mass is 10.1. The highest BCUT2D eigenvalue weighted by Crippen LogP contribution is 2.24. The summed E-state index contributed by atoms with van der Waals surface area (Å²) in [5.74, 6) is 0.0139. The molecule has 0 fully saturated rings. The molecule has 0 saturated carbocycles. The van der Waals surface area contributed by atoms with E-state index in [2.05, 4.69) is 32.7 Å². The van der Waals surface area contributed by atoms with Crippen molar-refractivity contribution in [1.82, 2.24) is 9.97 Å². The Morgan fingerprint density at radius 3 is 2.33 bits per heavy atom. The van der Waals surface area contributed by atoms with E-state index in [0.717, 1.165) is 16.8 Å². The van der Waals surface area contributed by atoms with Crippen LogP contribution in [0.2, 0.25) is 0 Å². The first-order valence-corrected chi connectivity index (χ1v) is 8.45. The molecule has 0 atom stereocenters. The van der Waals surface area contributed by atoms with Crippen LogP contribution >= 0.6 is 0 Å². The lowest BCUT2D eigenvalue weighted by Crippen LogP contribution is -2.15. The summed E-state index contributed by atoms with van der Waals surface area (Å²) in [7, 11) is 0. The maximum absolute atomic E-state index is 12.5. The molecule has 1 amide bonds. The first-order valence-electron chi connectivity index (χ1n) is 8.45. The molecule has 1 aromatic heterocycles. The zero-order valence-corrected chi connectivity index (χ0v) is 15.4. The molecule has 27 heavy (non-hydrogen) atoms. The Labute approximate surface area is 157 Å². The first kappa shape index (κ1) is 18.1. The summed E-state index contributed by atoms with van der Waals surface area (Å²) in [5, 5.41) is 14.8. The van der Waals surface area contributed by atoms with Crippen molar-refractivity contribution in [3.05, 3.63) is 76.6 Å². The molecule has 3 rings (SSSR count). The molecule has 0 aliphatic carbocycles. The van der Waals surface area contributed by atoms with E-state index in [1.165, 1.54) is 5.56 Å². The van der Waals surface area contributed by atoms with Gasteiger partial charge in [-0.3, -0.25) is 4.79 Å². The van der Waals surface area contributed by atoms with Crippen molar-refractivity contribution in [3.63, 3.8) is 0 Å². The molecule has 2 N–H and O–H groups in total. The zero-order chi connectivity index (χ0) is 19.4. The SMILES string of the molecule is Cc1cc(C)c(Nc2nccc(C(=O)Nc3ccc(C#N)cc3)n2)c(C)c1. The van der Waals surface area contributed by atoms with Crippen molar-refractivity contribution in [2.75, 3.05) is 10.6 Å². The van der Waals surface area contributed by atoms with E-state index in [1.54, 1.807) is 36.5 Å². The van der Waals surface area contributed by atoms with E-state index < -0.39 is 0 Å². The molecule has 6 heteroatoms. The van der Waals surface area contributed by atoms with E-state index >= 15 is 0 Å². The number of aryl methyl sites for hydroxylation is 3. The second kappa shape index (κ2) is 7.67. The summed E-state index contributed by atoms with van der Waals surface area (Å²) >= 11 is 0. The van der Waals surface area contributed by atoms with Gasteiger partial charge in [0.1, 0.15) is 5.69 Å². The summed E-state index contributed by atoms with van der Waals surface area (Å²) in [6, 6.07) is 14.4. The van der Waals surface area contributed by atoms with E-state index in [9.17, 15) is 4.79 Å². The first-order chi connectivity index (χ1) is 13.0. The van der Waals surface area contributed by atoms with Crippen LogP contribution in [0.5, 0.6) is 0 Å². The molecule has 6 nitrogen and oxygen atoms in total. The Morgan fingerprint density at radius 1 is 1.04 bits per heavy atom. The second-order valence-electron chi connectivity index (χ2n) is 6.31. The molecule has 0 aliphatic heterocycles. The van der Waals surface area contributed by atoms with Gasteiger partial charge in [-0.1, -0.05) is 17.7 Å². The molecule has 134 valence electrons. The number of hydrogen-bond acceptors (Lipinski definition) is 5. The van der Waals surface area contributed by atoms with Gasteiger partial charge in [-0.2, -0.15) is 5.26 Å². The highest BCUT2D eigenvalue weighted by atomic mass is 16.1. The summed E-state index contributed by atoms with van der Waals surface area (Å²) in [5.41, 5.74) is 5.67. The quantitative estimate of drug-likeness (QED) is 0.728. The number of nitrogens with one attached hydrogen (secondary N) is 2. The van der Waals surface area contributed by atoms with Crippen LogP contribution in [0.15, 0.2) is 48.7 Å². The van der Waals surface area contributed by atoms with Crippen LogP contribution in [-0.2, 0) is 0 Å². The molecule has 0 unspecified atom stereocenters. The number of hydrogen-bond donors (Lipinski definition) is 2. The summed E-state index contributed by atoms with van der Waals surface area (Å²) in [6.07, 6.45) is 1.54. The molecule has 0 aliphatic rings. The minimum absolute atomic E-state index is 0.249.